The van der Waals surface area contributed by atoms with Crippen molar-refractivity contribution >= 4 is 11.6 Å². The van der Waals surface area contributed by atoms with Gasteiger partial charge in [-0.15, -0.1) is 0 Å². The van der Waals surface area contributed by atoms with Gasteiger partial charge in [-0.3, -0.25) is 9.53 Å². The molecular formula is C14H8F9NO2. The highest BCUT2D eigenvalue weighted by atomic mass is 19.4. The number of alkyl halides is 9. The minimum atomic E-state index is -6.68. The molecule has 3 rings (SSSR count). The van der Waals surface area contributed by atoms with Crippen LogP contribution in [0.4, 0.5) is 45.2 Å². The lowest BCUT2D eigenvalue weighted by molar-refractivity contribution is -0.366. The Kier molecular flexibility index (Phi) is 3.65. The van der Waals surface area contributed by atoms with E-state index in [4.69, 9.17) is 0 Å². The van der Waals surface area contributed by atoms with Crippen LogP contribution in [0, 0.1) is 0 Å². The molecule has 1 atom stereocenters. The van der Waals surface area contributed by atoms with Gasteiger partial charge in [0.25, 0.3) is 0 Å². The lowest BCUT2D eigenvalue weighted by atomic mass is 9.99. The van der Waals surface area contributed by atoms with E-state index in [-0.39, 0.29) is 17.0 Å². The summed E-state index contributed by atoms with van der Waals surface area (Å²) in [5.41, 5.74) is 0.111. The maximum Gasteiger partial charge on any atom is 0.428 e. The van der Waals surface area contributed by atoms with Crippen LogP contribution in [0.1, 0.15) is 5.56 Å². The van der Waals surface area contributed by atoms with Gasteiger partial charge in [-0.25, -0.2) is 0 Å². The Hall–Kier alpha value is -1.98. The standard InChI is InChI=1S/C14H8F9NO2/c15-10(16,9(25)24-6-5-7-3-1-2-4-8(7)24)13(21)11(17,18)12(19,20)14(22,23)26-13/h1-4H,5-6H2/t13-/m0/s1. The number of halogens is 9. The number of amides is 1. The second kappa shape index (κ2) is 5.05. The summed E-state index contributed by atoms with van der Waals surface area (Å²) in [5.74, 6) is -28.2. The van der Waals surface area contributed by atoms with E-state index in [1.165, 1.54) is 18.2 Å². The van der Waals surface area contributed by atoms with Crippen molar-refractivity contribution in [2.75, 3.05) is 11.4 Å². The summed E-state index contributed by atoms with van der Waals surface area (Å²) in [6, 6.07) is 5.28. The molecule has 0 bridgehead atoms. The summed E-state index contributed by atoms with van der Waals surface area (Å²) in [7, 11) is 0. The van der Waals surface area contributed by atoms with Crippen molar-refractivity contribution in [1.82, 2.24) is 0 Å². The number of benzene rings is 1. The van der Waals surface area contributed by atoms with E-state index < -0.39 is 42.2 Å². The first kappa shape index (κ1) is 18.8. The van der Waals surface area contributed by atoms with Crippen LogP contribution in [0.2, 0.25) is 0 Å². The van der Waals surface area contributed by atoms with Crippen LogP contribution >= 0.6 is 0 Å². The van der Waals surface area contributed by atoms with Gasteiger partial charge < -0.3 is 4.90 Å². The fourth-order valence-corrected chi connectivity index (χ4v) is 2.81. The number of ether oxygens (including phenoxy) is 1. The number of para-hydroxylation sites is 1. The first-order chi connectivity index (χ1) is 11.7. The topological polar surface area (TPSA) is 29.5 Å². The largest absolute Gasteiger partial charge is 0.428 e. The maximum absolute atomic E-state index is 14.2. The molecule has 2 aliphatic heterocycles. The quantitative estimate of drug-likeness (QED) is 0.717. The Bertz CT molecular complexity index is 767. The summed E-state index contributed by atoms with van der Waals surface area (Å²) < 4.78 is 124. The van der Waals surface area contributed by atoms with Gasteiger partial charge in [0.15, 0.2) is 0 Å². The molecule has 12 heteroatoms. The van der Waals surface area contributed by atoms with Gasteiger partial charge >= 0.3 is 35.6 Å². The van der Waals surface area contributed by atoms with E-state index in [9.17, 15) is 44.3 Å². The molecule has 0 unspecified atom stereocenters. The number of hydrogen-bond donors (Lipinski definition) is 0. The van der Waals surface area contributed by atoms with Crippen molar-refractivity contribution < 1.29 is 49.0 Å². The third-order valence-corrected chi connectivity index (χ3v) is 4.24. The smallest absolute Gasteiger partial charge is 0.306 e. The van der Waals surface area contributed by atoms with Gasteiger partial charge in [0.05, 0.1) is 0 Å². The predicted molar refractivity (Wildman–Crippen MR) is 67.2 cm³/mol. The van der Waals surface area contributed by atoms with Crippen LogP contribution < -0.4 is 4.90 Å². The first-order valence-corrected chi connectivity index (χ1v) is 7.01. The first-order valence-electron chi connectivity index (χ1n) is 7.01. The monoisotopic (exact) mass is 393 g/mol. The zero-order valence-corrected chi connectivity index (χ0v) is 12.4. The van der Waals surface area contributed by atoms with Gasteiger partial charge in [0, 0.05) is 12.2 Å². The predicted octanol–water partition coefficient (Wildman–Crippen LogP) is 3.77. The van der Waals surface area contributed by atoms with Gasteiger partial charge in [0.1, 0.15) is 0 Å². The zero-order valence-electron chi connectivity index (χ0n) is 12.4. The van der Waals surface area contributed by atoms with Gasteiger partial charge in [-0.05, 0) is 18.1 Å². The Morgan fingerprint density at radius 3 is 2.12 bits per heavy atom. The third kappa shape index (κ3) is 1.98. The van der Waals surface area contributed by atoms with Crippen LogP contribution in [0.5, 0.6) is 0 Å². The Labute approximate surface area is 139 Å². The molecule has 1 aromatic rings. The molecule has 3 nitrogen and oxygen atoms in total. The average Bonchev–Trinajstić information content (AvgIpc) is 2.99. The minimum Gasteiger partial charge on any atom is -0.306 e. The van der Waals surface area contributed by atoms with E-state index in [2.05, 4.69) is 4.74 Å². The number of anilines is 1. The van der Waals surface area contributed by atoms with Crippen molar-refractivity contribution in [2.45, 2.75) is 36.2 Å². The second-order valence-corrected chi connectivity index (χ2v) is 5.77. The Balaban J connectivity index is 2.04. The fourth-order valence-electron chi connectivity index (χ4n) is 2.81. The average molecular weight is 393 g/mol. The summed E-state index contributed by atoms with van der Waals surface area (Å²) >= 11 is 0. The number of nitrogens with zero attached hydrogens (tertiary/aromatic N) is 1. The van der Waals surface area contributed by atoms with Gasteiger partial charge in [-0.2, -0.15) is 39.5 Å². The molecule has 0 saturated carbocycles. The fraction of sp³-hybridized carbons (Fsp3) is 0.500. The number of fused-ring (bicyclic) bond motifs is 1. The molecule has 2 heterocycles. The number of carbonyl (C=O) groups is 1. The van der Waals surface area contributed by atoms with Crippen LogP contribution in [0.15, 0.2) is 24.3 Å². The Morgan fingerprint density at radius 1 is 1.00 bits per heavy atom. The van der Waals surface area contributed by atoms with Gasteiger partial charge in [-0.1, -0.05) is 18.2 Å². The summed E-state index contributed by atoms with van der Waals surface area (Å²) in [6.45, 7) is -0.512. The molecule has 1 fully saturated rings. The molecule has 144 valence electrons. The molecule has 26 heavy (non-hydrogen) atoms. The van der Waals surface area contributed by atoms with E-state index in [1.807, 2.05) is 0 Å². The second-order valence-electron chi connectivity index (χ2n) is 5.77. The molecule has 0 radical (unpaired) electrons. The molecule has 1 amide bonds. The molecule has 0 aliphatic carbocycles. The minimum absolute atomic E-state index is 0.0130. The third-order valence-electron chi connectivity index (χ3n) is 4.24. The van der Waals surface area contributed by atoms with Crippen molar-refractivity contribution in [1.29, 1.82) is 0 Å². The molecule has 2 aliphatic rings. The van der Waals surface area contributed by atoms with Crippen LogP contribution in [0.25, 0.3) is 0 Å². The van der Waals surface area contributed by atoms with Gasteiger partial charge in [0.2, 0.25) is 0 Å². The van der Waals surface area contributed by atoms with Crippen LogP contribution in [0.3, 0.4) is 0 Å². The lowest BCUT2D eigenvalue weighted by Gasteiger charge is -2.33. The van der Waals surface area contributed by atoms with Crippen molar-refractivity contribution in [3.8, 4) is 0 Å². The van der Waals surface area contributed by atoms with E-state index in [0.717, 1.165) is 6.07 Å². The lowest BCUT2D eigenvalue weighted by Crippen LogP contribution is -2.65. The summed E-state index contributed by atoms with van der Waals surface area (Å²) in [5, 5.41) is 0. The molecule has 0 aromatic heterocycles. The maximum atomic E-state index is 14.2. The van der Waals surface area contributed by atoms with Crippen molar-refractivity contribution in [2.24, 2.45) is 0 Å². The number of rotatable bonds is 2. The molecule has 1 aromatic carbocycles. The normalized spacial score (nSPS) is 28.9. The van der Waals surface area contributed by atoms with Crippen molar-refractivity contribution in [3.05, 3.63) is 29.8 Å². The SMILES string of the molecule is O=C(N1CCc2ccccc21)C(F)(F)[C@]1(F)OC(F)(F)C(F)(F)C1(F)F. The van der Waals surface area contributed by atoms with Crippen LogP contribution in [-0.4, -0.2) is 42.2 Å². The van der Waals surface area contributed by atoms with E-state index in [0.29, 0.717) is 5.56 Å². The number of hydrogen-bond acceptors (Lipinski definition) is 2. The summed E-state index contributed by atoms with van der Waals surface area (Å²) in [4.78, 5) is 12.1. The Morgan fingerprint density at radius 2 is 1.58 bits per heavy atom. The molecule has 0 N–H and O–H groups in total. The highest BCUT2D eigenvalue weighted by Gasteiger charge is 2.96. The molecule has 1 saturated heterocycles. The molecule has 0 spiro atoms. The molecular weight excluding hydrogens is 385 g/mol. The van der Waals surface area contributed by atoms with E-state index in [1.54, 1.807) is 0 Å². The summed E-state index contributed by atoms with van der Waals surface area (Å²) in [6.07, 6.45) is -6.27. The van der Waals surface area contributed by atoms with Crippen molar-refractivity contribution in [3.63, 3.8) is 0 Å². The number of carbonyl (C=O) groups excluding carboxylic acids is 1. The van der Waals surface area contributed by atoms with E-state index >= 15 is 0 Å². The highest BCUT2D eigenvalue weighted by Crippen LogP contribution is 2.64. The highest BCUT2D eigenvalue weighted by molar-refractivity contribution is 6.01. The zero-order chi connectivity index (χ0) is 19.8. The van der Waals surface area contributed by atoms with Crippen LogP contribution in [-0.2, 0) is 16.0 Å².